The van der Waals surface area contributed by atoms with Crippen LogP contribution < -0.4 is 0 Å². The van der Waals surface area contributed by atoms with E-state index in [9.17, 15) is 5.11 Å². The van der Waals surface area contributed by atoms with E-state index in [1.807, 2.05) is 12.1 Å². The lowest BCUT2D eigenvalue weighted by Crippen LogP contribution is -2.33. The Morgan fingerprint density at radius 3 is 2.05 bits per heavy atom. The minimum atomic E-state index is 0.168. The zero-order chi connectivity index (χ0) is 14.4. The standard InChI is InChI=1S/C19H19IO/c20-17-7-3-14(4-8-17)19(12-13-1-2-16(19)11-13)15-5-9-18(21)10-6-15/h3-10,13,16,21H,1-2,11-12H2/t13?,16?,19-/m1/s1. The van der Waals surface area contributed by atoms with Crippen LogP contribution in [0.5, 0.6) is 5.75 Å². The highest BCUT2D eigenvalue weighted by molar-refractivity contribution is 14.1. The molecule has 2 fully saturated rings. The zero-order valence-corrected chi connectivity index (χ0v) is 14.1. The summed E-state index contributed by atoms with van der Waals surface area (Å²) in [6.45, 7) is 0. The van der Waals surface area contributed by atoms with Gasteiger partial charge in [-0.05, 0) is 89.1 Å². The number of halogens is 1. The van der Waals surface area contributed by atoms with Crippen LogP contribution in [0, 0.1) is 15.4 Å². The first-order chi connectivity index (χ1) is 10.2. The number of aromatic hydroxyl groups is 1. The van der Waals surface area contributed by atoms with Gasteiger partial charge in [0.1, 0.15) is 5.75 Å². The Kier molecular flexibility index (Phi) is 3.25. The van der Waals surface area contributed by atoms with Gasteiger partial charge in [-0.15, -0.1) is 0 Å². The van der Waals surface area contributed by atoms with Crippen LogP contribution in [0.3, 0.4) is 0 Å². The molecule has 108 valence electrons. The summed E-state index contributed by atoms with van der Waals surface area (Å²) in [6.07, 6.45) is 5.38. The van der Waals surface area contributed by atoms with Crippen molar-refractivity contribution in [3.05, 3.63) is 63.2 Å². The molecule has 0 heterocycles. The van der Waals surface area contributed by atoms with E-state index in [1.54, 1.807) is 0 Å². The lowest BCUT2D eigenvalue weighted by molar-refractivity contribution is 0.320. The van der Waals surface area contributed by atoms with Crippen LogP contribution in [-0.4, -0.2) is 5.11 Å². The van der Waals surface area contributed by atoms with Crippen LogP contribution in [0.2, 0.25) is 0 Å². The fourth-order valence-corrected chi connectivity index (χ4v) is 5.07. The minimum Gasteiger partial charge on any atom is -0.508 e. The van der Waals surface area contributed by atoms with Crippen LogP contribution in [0.25, 0.3) is 0 Å². The summed E-state index contributed by atoms with van der Waals surface area (Å²) in [7, 11) is 0. The second-order valence-corrected chi connectivity index (χ2v) is 7.85. The third-order valence-corrected chi connectivity index (χ3v) is 6.31. The van der Waals surface area contributed by atoms with Crippen molar-refractivity contribution < 1.29 is 5.11 Å². The van der Waals surface area contributed by atoms with Crippen LogP contribution in [0.1, 0.15) is 36.8 Å². The Labute approximate surface area is 139 Å². The fraction of sp³-hybridized carbons (Fsp3) is 0.368. The Hall–Kier alpha value is -1.03. The highest BCUT2D eigenvalue weighted by atomic mass is 127. The van der Waals surface area contributed by atoms with Crippen LogP contribution in [0.15, 0.2) is 48.5 Å². The van der Waals surface area contributed by atoms with E-state index in [-0.39, 0.29) is 5.41 Å². The van der Waals surface area contributed by atoms with E-state index in [0.29, 0.717) is 5.75 Å². The molecular formula is C19H19IO. The molecule has 3 atom stereocenters. The summed E-state index contributed by atoms with van der Waals surface area (Å²) in [6, 6.07) is 17.0. The molecule has 0 amide bonds. The molecule has 0 aromatic heterocycles. The number of phenolic OH excluding ortho intramolecular Hbond substituents is 1. The first-order valence-electron chi connectivity index (χ1n) is 7.74. The molecule has 2 heteroatoms. The van der Waals surface area contributed by atoms with E-state index in [0.717, 1.165) is 11.8 Å². The summed E-state index contributed by atoms with van der Waals surface area (Å²) in [5.74, 6) is 2.00. The van der Waals surface area contributed by atoms with Gasteiger partial charge in [0.15, 0.2) is 0 Å². The molecule has 0 aliphatic heterocycles. The summed E-state index contributed by atoms with van der Waals surface area (Å²) in [5, 5.41) is 9.62. The zero-order valence-electron chi connectivity index (χ0n) is 11.9. The van der Waals surface area contributed by atoms with E-state index >= 15 is 0 Å². The van der Waals surface area contributed by atoms with Gasteiger partial charge in [0.2, 0.25) is 0 Å². The average Bonchev–Trinajstić information content (AvgIpc) is 3.10. The van der Waals surface area contributed by atoms with Gasteiger partial charge in [0.05, 0.1) is 0 Å². The largest absolute Gasteiger partial charge is 0.508 e. The highest BCUT2D eigenvalue weighted by Crippen LogP contribution is 2.60. The van der Waals surface area contributed by atoms with Crippen molar-refractivity contribution in [2.45, 2.75) is 31.1 Å². The van der Waals surface area contributed by atoms with Crippen molar-refractivity contribution in [1.29, 1.82) is 0 Å². The number of rotatable bonds is 2. The topological polar surface area (TPSA) is 20.2 Å². The van der Waals surface area contributed by atoms with E-state index in [4.69, 9.17) is 0 Å². The molecule has 2 unspecified atom stereocenters. The van der Waals surface area contributed by atoms with Gasteiger partial charge >= 0.3 is 0 Å². The van der Waals surface area contributed by atoms with Crippen molar-refractivity contribution in [3.63, 3.8) is 0 Å². The molecule has 21 heavy (non-hydrogen) atoms. The SMILES string of the molecule is Oc1ccc([C@]2(c3ccc(I)cc3)CC3CCC2C3)cc1. The van der Waals surface area contributed by atoms with Gasteiger partial charge in [-0.25, -0.2) is 0 Å². The van der Waals surface area contributed by atoms with Crippen LogP contribution in [0.4, 0.5) is 0 Å². The first-order valence-corrected chi connectivity index (χ1v) is 8.82. The molecule has 2 saturated carbocycles. The second-order valence-electron chi connectivity index (χ2n) is 6.61. The summed E-state index contributed by atoms with van der Waals surface area (Å²) >= 11 is 2.37. The smallest absolute Gasteiger partial charge is 0.115 e. The lowest BCUT2D eigenvalue weighted by atomic mass is 9.64. The average molecular weight is 390 g/mol. The second kappa shape index (κ2) is 5.01. The molecular weight excluding hydrogens is 371 g/mol. The third kappa shape index (κ3) is 2.10. The van der Waals surface area contributed by atoms with E-state index < -0.39 is 0 Å². The van der Waals surface area contributed by atoms with Crippen molar-refractivity contribution in [2.24, 2.45) is 11.8 Å². The van der Waals surface area contributed by atoms with Gasteiger partial charge in [0.25, 0.3) is 0 Å². The number of phenols is 1. The molecule has 0 radical (unpaired) electrons. The molecule has 2 aromatic rings. The summed E-state index contributed by atoms with van der Waals surface area (Å²) in [4.78, 5) is 0. The Bertz CT molecular complexity index is 599. The van der Waals surface area contributed by atoms with Crippen LogP contribution in [-0.2, 0) is 5.41 Å². The number of fused-ring (bicyclic) bond motifs is 2. The maximum absolute atomic E-state index is 9.62. The van der Waals surface area contributed by atoms with Crippen LogP contribution >= 0.6 is 22.6 Å². The Morgan fingerprint density at radius 2 is 1.52 bits per heavy atom. The molecule has 0 saturated heterocycles. The van der Waals surface area contributed by atoms with Gasteiger partial charge in [-0.1, -0.05) is 30.7 Å². The maximum atomic E-state index is 9.62. The predicted octanol–water partition coefficient (Wildman–Crippen LogP) is 5.10. The highest BCUT2D eigenvalue weighted by Gasteiger charge is 2.52. The first kappa shape index (κ1) is 13.6. The lowest BCUT2D eigenvalue weighted by Gasteiger charge is -2.39. The van der Waals surface area contributed by atoms with Gasteiger partial charge in [-0.3, -0.25) is 0 Å². The number of benzene rings is 2. The van der Waals surface area contributed by atoms with Crippen molar-refractivity contribution in [1.82, 2.24) is 0 Å². The van der Waals surface area contributed by atoms with Gasteiger partial charge in [-0.2, -0.15) is 0 Å². The molecule has 1 N–H and O–H groups in total. The molecule has 2 bridgehead atoms. The van der Waals surface area contributed by atoms with Gasteiger partial charge in [0, 0.05) is 8.99 Å². The molecule has 2 aromatic carbocycles. The van der Waals surface area contributed by atoms with Crippen molar-refractivity contribution >= 4 is 22.6 Å². The molecule has 4 rings (SSSR count). The third-order valence-electron chi connectivity index (χ3n) is 5.59. The van der Waals surface area contributed by atoms with Crippen molar-refractivity contribution in [3.8, 4) is 5.75 Å². The fourth-order valence-electron chi connectivity index (χ4n) is 4.71. The Morgan fingerprint density at radius 1 is 0.905 bits per heavy atom. The Balaban J connectivity index is 1.87. The summed E-state index contributed by atoms with van der Waals surface area (Å²) in [5.41, 5.74) is 3.01. The van der Waals surface area contributed by atoms with E-state index in [1.165, 1.54) is 40.4 Å². The van der Waals surface area contributed by atoms with Crippen molar-refractivity contribution in [2.75, 3.05) is 0 Å². The summed E-state index contributed by atoms with van der Waals surface area (Å²) < 4.78 is 1.29. The molecule has 0 spiro atoms. The van der Waals surface area contributed by atoms with Gasteiger partial charge < -0.3 is 5.11 Å². The minimum absolute atomic E-state index is 0.168. The monoisotopic (exact) mass is 390 g/mol. The quantitative estimate of drug-likeness (QED) is 0.708. The maximum Gasteiger partial charge on any atom is 0.115 e. The van der Waals surface area contributed by atoms with E-state index in [2.05, 4.69) is 59.0 Å². The number of hydrogen-bond donors (Lipinski definition) is 1. The molecule has 2 aliphatic rings. The normalized spacial score (nSPS) is 30.7. The number of hydrogen-bond acceptors (Lipinski definition) is 1. The predicted molar refractivity (Wildman–Crippen MR) is 93.5 cm³/mol. The molecule has 2 aliphatic carbocycles. The molecule has 1 nitrogen and oxygen atoms in total.